The summed E-state index contributed by atoms with van der Waals surface area (Å²) in [6, 6.07) is 4.32. The van der Waals surface area contributed by atoms with E-state index in [0.717, 1.165) is 47.9 Å². The van der Waals surface area contributed by atoms with E-state index in [4.69, 9.17) is 4.74 Å². The molecule has 1 aromatic heterocycles. The van der Waals surface area contributed by atoms with Crippen molar-refractivity contribution in [3.05, 3.63) is 23.9 Å². The third kappa shape index (κ3) is 3.49. The van der Waals surface area contributed by atoms with Crippen LogP contribution in [0.15, 0.2) is 18.3 Å². The monoisotopic (exact) mass is 315 g/mol. The number of amides is 1. The van der Waals surface area contributed by atoms with Gasteiger partial charge in [-0.2, -0.15) is 5.10 Å². The first-order valence-corrected chi connectivity index (χ1v) is 8.44. The van der Waals surface area contributed by atoms with Crippen LogP contribution in [0.2, 0.25) is 0 Å². The van der Waals surface area contributed by atoms with E-state index in [-0.39, 0.29) is 17.9 Å². The Bertz CT molecular complexity index is 685. The Balaban J connectivity index is 1.58. The maximum atomic E-state index is 11.8. The van der Waals surface area contributed by atoms with Crippen molar-refractivity contribution in [1.82, 2.24) is 15.5 Å². The summed E-state index contributed by atoms with van der Waals surface area (Å²) in [5.41, 5.74) is 2.17. The molecule has 124 valence electrons. The summed E-state index contributed by atoms with van der Waals surface area (Å²) in [6.45, 7) is 5.93. The molecule has 0 aliphatic heterocycles. The summed E-state index contributed by atoms with van der Waals surface area (Å²) >= 11 is 0. The van der Waals surface area contributed by atoms with Crippen LogP contribution in [0.5, 0.6) is 5.75 Å². The van der Waals surface area contributed by atoms with Gasteiger partial charge in [0, 0.05) is 22.9 Å². The Kier molecular flexibility index (Phi) is 4.55. The van der Waals surface area contributed by atoms with Crippen LogP contribution in [0.25, 0.3) is 10.9 Å². The number of nitrogens with zero attached hydrogens (tertiary/aromatic N) is 1. The van der Waals surface area contributed by atoms with Crippen LogP contribution in [-0.2, 0) is 4.79 Å². The molecule has 1 aliphatic rings. The number of aromatic amines is 1. The smallest absolute Gasteiger partial charge is 0.222 e. The average molecular weight is 315 g/mol. The highest BCUT2D eigenvalue weighted by Crippen LogP contribution is 2.30. The molecule has 2 aromatic rings. The van der Waals surface area contributed by atoms with Gasteiger partial charge in [0.2, 0.25) is 5.91 Å². The van der Waals surface area contributed by atoms with E-state index >= 15 is 0 Å². The number of nitrogens with one attached hydrogen (secondary N) is 2. The fraction of sp³-hybridized carbons (Fsp3) is 0.556. The Morgan fingerprint density at radius 3 is 2.74 bits per heavy atom. The first kappa shape index (κ1) is 15.8. The number of hydrogen-bond donors (Lipinski definition) is 2. The fourth-order valence-electron chi connectivity index (χ4n) is 3.14. The van der Waals surface area contributed by atoms with Gasteiger partial charge in [-0.1, -0.05) is 13.8 Å². The predicted molar refractivity (Wildman–Crippen MR) is 90.5 cm³/mol. The molecule has 1 fully saturated rings. The number of H-pyrrole nitrogens is 1. The topological polar surface area (TPSA) is 67.0 Å². The fourth-order valence-corrected chi connectivity index (χ4v) is 3.14. The van der Waals surface area contributed by atoms with Crippen molar-refractivity contribution < 1.29 is 9.53 Å². The first-order valence-electron chi connectivity index (χ1n) is 8.44. The lowest BCUT2D eigenvalue weighted by atomic mass is 9.92. The van der Waals surface area contributed by atoms with Crippen LogP contribution in [0.4, 0.5) is 0 Å². The number of carbonyl (C=O) groups excluding carboxylic acids is 1. The molecule has 1 aliphatic carbocycles. The molecule has 1 amide bonds. The van der Waals surface area contributed by atoms with Crippen molar-refractivity contribution in [3.8, 4) is 5.75 Å². The Labute approximate surface area is 136 Å². The Hall–Kier alpha value is -2.04. The van der Waals surface area contributed by atoms with Crippen LogP contribution in [-0.4, -0.2) is 28.3 Å². The van der Waals surface area contributed by atoms with E-state index in [1.54, 1.807) is 0 Å². The summed E-state index contributed by atoms with van der Waals surface area (Å²) in [7, 11) is 0. The van der Waals surface area contributed by atoms with Crippen molar-refractivity contribution in [3.63, 3.8) is 0 Å². The van der Waals surface area contributed by atoms with Crippen molar-refractivity contribution in [1.29, 1.82) is 0 Å². The maximum Gasteiger partial charge on any atom is 0.222 e. The SMILES string of the molecule is Cc1c(O[C@H]2CC[C@@H](NC(=O)C(C)C)CC2)ccc2[nH]ncc12. The largest absolute Gasteiger partial charge is 0.490 e. The number of hydrogen-bond acceptors (Lipinski definition) is 3. The van der Waals surface area contributed by atoms with Gasteiger partial charge in [0.15, 0.2) is 0 Å². The normalized spacial score (nSPS) is 21.6. The third-order valence-electron chi connectivity index (χ3n) is 4.68. The van der Waals surface area contributed by atoms with Gasteiger partial charge in [-0.15, -0.1) is 0 Å². The molecule has 0 radical (unpaired) electrons. The number of fused-ring (bicyclic) bond motifs is 1. The first-order chi connectivity index (χ1) is 11.0. The average Bonchev–Trinajstić information content (AvgIpc) is 3.01. The zero-order valence-corrected chi connectivity index (χ0v) is 14.1. The molecule has 2 N–H and O–H groups in total. The van der Waals surface area contributed by atoms with E-state index in [1.165, 1.54) is 0 Å². The lowest BCUT2D eigenvalue weighted by molar-refractivity contribution is -0.125. The number of carbonyl (C=O) groups is 1. The van der Waals surface area contributed by atoms with Gasteiger partial charge < -0.3 is 10.1 Å². The zero-order chi connectivity index (χ0) is 16.4. The molecule has 1 aromatic carbocycles. The minimum atomic E-state index is 0.0494. The van der Waals surface area contributed by atoms with E-state index in [1.807, 2.05) is 32.2 Å². The molecule has 0 bridgehead atoms. The summed E-state index contributed by atoms with van der Waals surface area (Å²) in [6.07, 6.45) is 5.99. The molecular formula is C18H25N3O2. The van der Waals surface area contributed by atoms with Crippen LogP contribution < -0.4 is 10.1 Å². The van der Waals surface area contributed by atoms with E-state index in [9.17, 15) is 4.79 Å². The van der Waals surface area contributed by atoms with Gasteiger partial charge in [-0.25, -0.2) is 0 Å². The molecule has 0 saturated heterocycles. The second kappa shape index (κ2) is 6.60. The molecule has 0 spiro atoms. The molecule has 3 rings (SSSR count). The van der Waals surface area contributed by atoms with Crippen molar-refractivity contribution in [2.45, 2.75) is 58.6 Å². The molecule has 23 heavy (non-hydrogen) atoms. The van der Waals surface area contributed by atoms with Gasteiger partial charge in [-0.05, 0) is 44.7 Å². The second-order valence-electron chi connectivity index (χ2n) is 6.77. The Morgan fingerprint density at radius 1 is 1.30 bits per heavy atom. The van der Waals surface area contributed by atoms with E-state index < -0.39 is 0 Å². The highest BCUT2D eigenvalue weighted by Gasteiger charge is 2.24. The predicted octanol–water partition coefficient (Wildman–Crippen LogP) is 3.33. The molecule has 1 saturated carbocycles. The molecule has 1 heterocycles. The van der Waals surface area contributed by atoms with Crippen LogP contribution in [0, 0.1) is 12.8 Å². The van der Waals surface area contributed by atoms with Crippen LogP contribution in [0.1, 0.15) is 45.1 Å². The number of aromatic nitrogens is 2. The summed E-state index contributed by atoms with van der Waals surface area (Å²) < 4.78 is 6.21. The number of benzene rings is 1. The molecule has 0 atom stereocenters. The highest BCUT2D eigenvalue weighted by atomic mass is 16.5. The summed E-state index contributed by atoms with van der Waals surface area (Å²) in [5.74, 6) is 1.14. The standard InChI is InChI=1S/C18H25N3O2/c1-11(2)18(22)20-13-4-6-14(7-5-13)23-17-9-8-16-15(12(17)3)10-19-21-16/h8-11,13-14H,4-7H2,1-3H3,(H,19,21)(H,20,22)/t13-,14+. The second-order valence-corrected chi connectivity index (χ2v) is 6.77. The lowest BCUT2D eigenvalue weighted by Gasteiger charge is -2.30. The van der Waals surface area contributed by atoms with E-state index in [2.05, 4.69) is 22.4 Å². The van der Waals surface area contributed by atoms with Gasteiger partial charge in [0.05, 0.1) is 17.8 Å². The highest BCUT2D eigenvalue weighted by molar-refractivity contribution is 5.83. The lowest BCUT2D eigenvalue weighted by Crippen LogP contribution is -2.41. The van der Waals surface area contributed by atoms with Gasteiger partial charge >= 0.3 is 0 Å². The Morgan fingerprint density at radius 2 is 2.04 bits per heavy atom. The quantitative estimate of drug-likeness (QED) is 0.909. The molecular weight excluding hydrogens is 290 g/mol. The molecule has 0 unspecified atom stereocenters. The van der Waals surface area contributed by atoms with Gasteiger partial charge in [0.25, 0.3) is 0 Å². The third-order valence-corrected chi connectivity index (χ3v) is 4.68. The maximum absolute atomic E-state index is 11.8. The number of rotatable bonds is 4. The van der Waals surface area contributed by atoms with Gasteiger partial charge in [-0.3, -0.25) is 9.89 Å². The van der Waals surface area contributed by atoms with E-state index in [0.29, 0.717) is 6.04 Å². The minimum Gasteiger partial charge on any atom is -0.490 e. The van der Waals surface area contributed by atoms with Crippen molar-refractivity contribution in [2.75, 3.05) is 0 Å². The van der Waals surface area contributed by atoms with Crippen molar-refractivity contribution >= 4 is 16.8 Å². The summed E-state index contributed by atoms with van der Waals surface area (Å²) in [5, 5.41) is 11.3. The van der Waals surface area contributed by atoms with Gasteiger partial charge in [0.1, 0.15) is 5.75 Å². The minimum absolute atomic E-state index is 0.0494. The molecule has 5 nitrogen and oxygen atoms in total. The summed E-state index contributed by atoms with van der Waals surface area (Å²) in [4.78, 5) is 11.8. The zero-order valence-electron chi connectivity index (χ0n) is 14.1. The molecule has 5 heteroatoms. The number of ether oxygens (including phenoxy) is 1. The number of aryl methyl sites for hydroxylation is 1. The van der Waals surface area contributed by atoms with Crippen molar-refractivity contribution in [2.24, 2.45) is 5.92 Å². The van der Waals surface area contributed by atoms with Crippen LogP contribution >= 0.6 is 0 Å². The van der Waals surface area contributed by atoms with Crippen LogP contribution in [0.3, 0.4) is 0 Å².